The van der Waals surface area contributed by atoms with Gasteiger partial charge in [0.2, 0.25) is 11.8 Å². The Morgan fingerprint density at radius 2 is 1.50 bits per heavy atom. The molecular weight excluding hydrogens is 272 g/mol. The molecule has 0 aliphatic rings. The van der Waals surface area contributed by atoms with Gasteiger partial charge >= 0.3 is 18.3 Å². The maximum absolute atomic E-state index is 12.2. The van der Waals surface area contributed by atoms with Gasteiger partial charge in [0.1, 0.15) is 6.54 Å². The summed E-state index contributed by atoms with van der Waals surface area (Å²) in [4.78, 5) is 21.3. The molecule has 0 aromatic heterocycles. The second-order valence-electron chi connectivity index (χ2n) is 3.26. The van der Waals surface area contributed by atoms with Crippen molar-refractivity contribution < 1.29 is 41.0 Å². The van der Waals surface area contributed by atoms with Gasteiger partial charge in [0.15, 0.2) is 0 Å². The first kappa shape index (κ1) is 16.5. The number of hydrogen-bond acceptors (Lipinski definition) is 2. The topological polar surface area (TPSA) is 57.6 Å². The van der Waals surface area contributed by atoms with Crippen molar-refractivity contribution in [3.05, 3.63) is 0 Å². The molecule has 4 nitrogen and oxygen atoms in total. The van der Waals surface area contributed by atoms with E-state index in [1.807, 2.05) is 0 Å². The average molecular weight is 281 g/mol. The minimum atomic E-state index is -5.82. The number of likely N-dealkylation sites (N-methyl/N-ethyl adjacent to an activating group) is 1. The maximum atomic E-state index is 12.2. The molecule has 0 rings (SSSR count). The third kappa shape index (κ3) is 4.41. The Morgan fingerprint density at radius 1 is 1.11 bits per heavy atom. The molecule has 1 N–H and O–H groups in total. The molecule has 0 saturated carbocycles. The van der Waals surface area contributed by atoms with Crippen LogP contribution in [0.5, 0.6) is 0 Å². The lowest BCUT2D eigenvalue weighted by atomic mass is 10.1. The number of carbonyl (C=O) groups excluding carboxylic acids is 1. The maximum Gasteiger partial charge on any atom is 0.409 e. The summed E-state index contributed by atoms with van der Waals surface area (Å²) in [6, 6.07) is 0. The smallest absolute Gasteiger partial charge is 0.409 e. The first-order valence-corrected chi connectivity index (χ1v) is 4.55. The summed E-state index contributed by atoms with van der Waals surface area (Å²) in [5, 5.41) is 8.29. The van der Waals surface area contributed by atoms with Crippen LogP contribution in [0, 0.1) is 5.92 Å². The predicted octanol–water partition coefficient (Wildman–Crippen LogP) is 1.66. The van der Waals surface area contributed by atoms with Crippen molar-refractivity contribution in [2.24, 2.45) is 5.92 Å². The van der Waals surface area contributed by atoms with E-state index in [9.17, 15) is 35.9 Å². The fraction of sp³-hybridized carbons (Fsp3) is 0.750. The third-order valence-electron chi connectivity index (χ3n) is 1.92. The molecule has 0 spiro atoms. The Balaban J connectivity index is 5.25. The first-order valence-electron chi connectivity index (χ1n) is 4.55. The highest BCUT2D eigenvalue weighted by Crippen LogP contribution is 2.40. The molecule has 0 radical (unpaired) electrons. The van der Waals surface area contributed by atoms with Crippen molar-refractivity contribution in [2.75, 3.05) is 13.1 Å². The van der Waals surface area contributed by atoms with Crippen molar-refractivity contribution in [3.63, 3.8) is 0 Å². The zero-order valence-corrected chi connectivity index (χ0v) is 8.97. The van der Waals surface area contributed by atoms with E-state index in [0.29, 0.717) is 0 Å². The number of carboxylic acid groups (broad SMARTS) is 1. The normalized spacial score (nSPS) is 12.7. The molecule has 18 heavy (non-hydrogen) atoms. The standard InChI is InChI=1S/C8H9F6NO3/c1-2-15(3-4(16)17)6(18)5(7(9,10)11)8(12,13)14/h5H,2-3H2,1H3,(H,16,17). The number of hydrogen-bond donors (Lipinski definition) is 1. The summed E-state index contributed by atoms with van der Waals surface area (Å²) in [7, 11) is 0. The van der Waals surface area contributed by atoms with Gasteiger partial charge < -0.3 is 10.0 Å². The average Bonchev–Trinajstić information content (AvgIpc) is 2.08. The lowest BCUT2D eigenvalue weighted by molar-refractivity contribution is -0.277. The van der Waals surface area contributed by atoms with E-state index < -0.39 is 43.2 Å². The van der Waals surface area contributed by atoms with Crippen molar-refractivity contribution in [1.82, 2.24) is 4.90 Å². The van der Waals surface area contributed by atoms with Crippen molar-refractivity contribution in [3.8, 4) is 0 Å². The largest absolute Gasteiger partial charge is 0.480 e. The number of carboxylic acids is 1. The second kappa shape index (κ2) is 5.44. The van der Waals surface area contributed by atoms with Crippen LogP contribution in [0.1, 0.15) is 6.92 Å². The summed E-state index contributed by atoms with van der Waals surface area (Å²) >= 11 is 0. The van der Waals surface area contributed by atoms with Crippen LogP contribution in [0.25, 0.3) is 0 Å². The monoisotopic (exact) mass is 281 g/mol. The van der Waals surface area contributed by atoms with Gasteiger partial charge in [-0.15, -0.1) is 0 Å². The first-order chi connectivity index (χ1) is 7.91. The van der Waals surface area contributed by atoms with E-state index in [-0.39, 0.29) is 4.90 Å². The number of carbonyl (C=O) groups is 2. The van der Waals surface area contributed by atoms with Crippen LogP contribution in [0.2, 0.25) is 0 Å². The summed E-state index contributed by atoms with van der Waals surface area (Å²) in [6.45, 7) is -0.726. The van der Waals surface area contributed by atoms with Crippen LogP contribution in [0.4, 0.5) is 26.3 Å². The molecule has 0 aliphatic carbocycles. The van der Waals surface area contributed by atoms with Gasteiger partial charge in [-0.3, -0.25) is 9.59 Å². The molecular formula is C8H9F6NO3. The molecule has 0 aromatic carbocycles. The Morgan fingerprint density at radius 3 is 1.72 bits per heavy atom. The summed E-state index contributed by atoms with van der Waals surface area (Å²) < 4.78 is 73.1. The zero-order chi connectivity index (χ0) is 14.7. The summed E-state index contributed by atoms with van der Waals surface area (Å²) in [6.07, 6.45) is -11.6. The van der Waals surface area contributed by atoms with Gasteiger partial charge in [0.25, 0.3) is 0 Å². The van der Waals surface area contributed by atoms with E-state index in [1.54, 1.807) is 0 Å². The lowest BCUT2D eigenvalue weighted by Crippen LogP contribution is -2.50. The molecule has 0 fully saturated rings. The molecule has 0 saturated heterocycles. The Kier molecular flexibility index (Phi) is 4.99. The fourth-order valence-corrected chi connectivity index (χ4v) is 1.16. The number of aliphatic carboxylic acids is 1. The van der Waals surface area contributed by atoms with Crippen molar-refractivity contribution in [1.29, 1.82) is 0 Å². The highest BCUT2D eigenvalue weighted by atomic mass is 19.4. The van der Waals surface area contributed by atoms with E-state index in [4.69, 9.17) is 5.11 Å². The number of amides is 1. The number of nitrogens with zero attached hydrogens (tertiary/aromatic N) is 1. The molecule has 0 bridgehead atoms. The van der Waals surface area contributed by atoms with Crippen molar-refractivity contribution >= 4 is 11.9 Å². The van der Waals surface area contributed by atoms with E-state index >= 15 is 0 Å². The van der Waals surface area contributed by atoms with Crippen LogP contribution in [0.3, 0.4) is 0 Å². The minimum Gasteiger partial charge on any atom is -0.480 e. The van der Waals surface area contributed by atoms with Crippen LogP contribution >= 0.6 is 0 Å². The number of alkyl halides is 6. The quantitative estimate of drug-likeness (QED) is 0.797. The SMILES string of the molecule is CCN(CC(=O)O)C(=O)C(C(F)(F)F)C(F)(F)F. The summed E-state index contributed by atoms with van der Waals surface area (Å²) in [5.74, 6) is -8.22. The van der Waals surface area contributed by atoms with Gasteiger partial charge in [0, 0.05) is 6.54 Å². The van der Waals surface area contributed by atoms with Crippen molar-refractivity contribution in [2.45, 2.75) is 19.3 Å². The van der Waals surface area contributed by atoms with Crippen LogP contribution in [-0.4, -0.2) is 47.3 Å². The molecule has 1 amide bonds. The highest BCUT2D eigenvalue weighted by molar-refractivity contribution is 5.84. The van der Waals surface area contributed by atoms with Gasteiger partial charge in [0.05, 0.1) is 0 Å². The highest BCUT2D eigenvalue weighted by Gasteiger charge is 2.62. The fourth-order valence-electron chi connectivity index (χ4n) is 1.16. The summed E-state index contributed by atoms with van der Waals surface area (Å²) in [5.41, 5.74) is 0. The molecule has 0 unspecified atom stereocenters. The molecule has 0 aliphatic heterocycles. The molecule has 0 aromatic rings. The van der Waals surface area contributed by atoms with Gasteiger partial charge in [-0.05, 0) is 6.92 Å². The Labute approximate surface area is 97.2 Å². The van der Waals surface area contributed by atoms with E-state index in [1.165, 1.54) is 0 Å². The van der Waals surface area contributed by atoms with Gasteiger partial charge in [-0.2, -0.15) is 26.3 Å². The molecule has 106 valence electrons. The lowest BCUT2D eigenvalue weighted by Gasteiger charge is -2.27. The second-order valence-corrected chi connectivity index (χ2v) is 3.26. The van der Waals surface area contributed by atoms with Gasteiger partial charge in [-0.1, -0.05) is 0 Å². The number of rotatable bonds is 4. The third-order valence-corrected chi connectivity index (χ3v) is 1.92. The van der Waals surface area contributed by atoms with Crippen LogP contribution in [-0.2, 0) is 9.59 Å². The molecule has 0 atom stereocenters. The van der Waals surface area contributed by atoms with E-state index in [2.05, 4.69) is 0 Å². The van der Waals surface area contributed by atoms with E-state index in [0.717, 1.165) is 6.92 Å². The predicted molar refractivity (Wildman–Crippen MR) is 45.5 cm³/mol. The molecule has 0 heterocycles. The number of halogens is 6. The van der Waals surface area contributed by atoms with Gasteiger partial charge in [-0.25, -0.2) is 0 Å². The Hall–Kier alpha value is -1.48. The van der Waals surface area contributed by atoms with Crippen LogP contribution in [0.15, 0.2) is 0 Å². The molecule has 10 heteroatoms. The zero-order valence-electron chi connectivity index (χ0n) is 8.97. The van der Waals surface area contributed by atoms with Crippen LogP contribution < -0.4 is 0 Å². The Bertz CT molecular complexity index is 310. The minimum absolute atomic E-state index is 0.0199.